The van der Waals surface area contributed by atoms with E-state index in [-0.39, 0.29) is 34.9 Å². The summed E-state index contributed by atoms with van der Waals surface area (Å²) in [6.07, 6.45) is 1.39. The van der Waals surface area contributed by atoms with Crippen LogP contribution in [0.15, 0.2) is 18.2 Å². The Kier molecular flexibility index (Phi) is 4.82. The molecule has 1 aliphatic heterocycles. The largest absolute Gasteiger partial charge is 0.508 e. The van der Waals surface area contributed by atoms with E-state index in [0.717, 1.165) is 0 Å². The van der Waals surface area contributed by atoms with Gasteiger partial charge >= 0.3 is 0 Å². The highest BCUT2D eigenvalue weighted by atomic mass is 16.3. The number of carbonyl (C=O) groups is 2. The summed E-state index contributed by atoms with van der Waals surface area (Å²) in [7, 11) is 0. The second kappa shape index (κ2) is 6.48. The number of likely N-dealkylation sites (tertiary alicyclic amines) is 1. The van der Waals surface area contributed by atoms with Gasteiger partial charge in [-0.15, -0.1) is 0 Å². The van der Waals surface area contributed by atoms with E-state index in [4.69, 9.17) is 0 Å². The molecule has 1 aromatic rings. The van der Waals surface area contributed by atoms with E-state index in [0.29, 0.717) is 25.9 Å². The average molecular weight is 320 g/mol. The van der Waals surface area contributed by atoms with E-state index in [2.05, 4.69) is 5.32 Å². The summed E-state index contributed by atoms with van der Waals surface area (Å²) in [5.74, 6) is -0.515. The average Bonchev–Trinajstić information content (AvgIpc) is 2.45. The quantitative estimate of drug-likeness (QED) is 0.776. The molecular formula is C17H24N2O4. The van der Waals surface area contributed by atoms with Crippen LogP contribution in [0.2, 0.25) is 0 Å². The third kappa shape index (κ3) is 4.37. The Morgan fingerprint density at radius 2 is 1.61 bits per heavy atom. The molecule has 1 aromatic carbocycles. The molecule has 2 amide bonds. The van der Waals surface area contributed by atoms with Gasteiger partial charge in [0.05, 0.1) is 0 Å². The van der Waals surface area contributed by atoms with E-state index in [9.17, 15) is 19.8 Å². The number of aromatic hydroxyl groups is 2. The summed E-state index contributed by atoms with van der Waals surface area (Å²) in [5, 5.41) is 21.8. The molecule has 126 valence electrons. The van der Waals surface area contributed by atoms with Crippen molar-refractivity contribution >= 4 is 11.8 Å². The predicted octanol–water partition coefficient (Wildman–Crippen LogP) is 1.86. The van der Waals surface area contributed by atoms with Gasteiger partial charge in [-0.25, -0.2) is 0 Å². The highest BCUT2D eigenvalue weighted by molar-refractivity contribution is 5.95. The number of phenolic OH excluding ortho intramolecular Hbond substituents is 2. The van der Waals surface area contributed by atoms with Gasteiger partial charge in [-0.1, -0.05) is 20.8 Å². The minimum atomic E-state index is -0.394. The summed E-state index contributed by atoms with van der Waals surface area (Å²) in [6, 6.07) is 3.78. The Balaban J connectivity index is 1.91. The van der Waals surface area contributed by atoms with Crippen LogP contribution in [0.4, 0.5) is 0 Å². The first-order valence-electron chi connectivity index (χ1n) is 7.80. The summed E-state index contributed by atoms with van der Waals surface area (Å²) in [5.41, 5.74) is -0.175. The topological polar surface area (TPSA) is 89.9 Å². The number of piperidine rings is 1. The molecule has 3 N–H and O–H groups in total. The monoisotopic (exact) mass is 320 g/mol. The van der Waals surface area contributed by atoms with Crippen molar-refractivity contribution in [3.63, 3.8) is 0 Å². The number of hydrogen-bond donors (Lipinski definition) is 3. The van der Waals surface area contributed by atoms with E-state index in [1.165, 1.54) is 18.2 Å². The molecule has 0 unspecified atom stereocenters. The molecule has 6 nitrogen and oxygen atoms in total. The van der Waals surface area contributed by atoms with Gasteiger partial charge in [0.15, 0.2) is 0 Å². The van der Waals surface area contributed by atoms with Crippen molar-refractivity contribution in [2.75, 3.05) is 13.1 Å². The van der Waals surface area contributed by atoms with Gasteiger partial charge in [0.1, 0.15) is 11.5 Å². The Hall–Kier alpha value is -2.24. The molecular weight excluding hydrogens is 296 g/mol. The Bertz CT molecular complexity index is 579. The van der Waals surface area contributed by atoms with E-state index in [1.54, 1.807) is 0 Å². The fourth-order valence-electron chi connectivity index (χ4n) is 2.70. The number of nitrogens with zero attached hydrogens (tertiary/aromatic N) is 1. The van der Waals surface area contributed by atoms with Gasteiger partial charge in [-0.3, -0.25) is 9.59 Å². The van der Waals surface area contributed by atoms with E-state index >= 15 is 0 Å². The summed E-state index contributed by atoms with van der Waals surface area (Å²) >= 11 is 0. The second-order valence-electron chi connectivity index (χ2n) is 7.03. The molecule has 0 bridgehead atoms. The van der Waals surface area contributed by atoms with E-state index < -0.39 is 5.41 Å². The molecule has 0 saturated carbocycles. The number of hydrogen-bond acceptors (Lipinski definition) is 4. The van der Waals surface area contributed by atoms with Crippen LogP contribution >= 0.6 is 0 Å². The summed E-state index contributed by atoms with van der Waals surface area (Å²) < 4.78 is 0. The van der Waals surface area contributed by atoms with Crippen LogP contribution in [-0.4, -0.2) is 46.1 Å². The van der Waals surface area contributed by atoms with Crippen molar-refractivity contribution in [2.24, 2.45) is 5.41 Å². The van der Waals surface area contributed by atoms with Crippen LogP contribution in [0.5, 0.6) is 11.5 Å². The normalized spacial score (nSPS) is 16.2. The molecule has 1 fully saturated rings. The number of benzene rings is 1. The van der Waals surface area contributed by atoms with Crippen molar-refractivity contribution in [3.8, 4) is 11.5 Å². The lowest BCUT2D eigenvalue weighted by atomic mass is 9.93. The van der Waals surface area contributed by atoms with Crippen molar-refractivity contribution < 1.29 is 19.8 Å². The van der Waals surface area contributed by atoms with Gasteiger partial charge in [0.2, 0.25) is 5.91 Å². The Morgan fingerprint density at radius 3 is 2.09 bits per heavy atom. The number of phenols is 2. The molecule has 0 atom stereocenters. The zero-order valence-corrected chi connectivity index (χ0v) is 13.8. The SMILES string of the molecule is CC(C)(C)C(=O)N1CCC(NC(=O)c2cc(O)cc(O)c2)CC1. The van der Waals surface area contributed by atoms with Gasteiger partial charge in [-0.05, 0) is 25.0 Å². The first kappa shape index (κ1) is 17.1. The number of nitrogens with one attached hydrogen (secondary N) is 1. The minimum absolute atomic E-state index is 0.0176. The van der Waals surface area contributed by atoms with Crippen molar-refractivity contribution in [1.82, 2.24) is 10.2 Å². The molecule has 1 heterocycles. The smallest absolute Gasteiger partial charge is 0.251 e. The number of rotatable bonds is 2. The number of carbonyl (C=O) groups excluding carboxylic acids is 2. The molecule has 23 heavy (non-hydrogen) atoms. The highest BCUT2D eigenvalue weighted by Gasteiger charge is 2.30. The van der Waals surface area contributed by atoms with Crippen molar-refractivity contribution in [2.45, 2.75) is 39.7 Å². The fraction of sp³-hybridized carbons (Fsp3) is 0.529. The van der Waals surface area contributed by atoms with Crippen LogP contribution in [0, 0.1) is 5.41 Å². The van der Waals surface area contributed by atoms with Gasteiger partial charge < -0.3 is 20.4 Å². The molecule has 6 heteroatoms. The molecule has 1 saturated heterocycles. The maximum absolute atomic E-state index is 12.2. The molecule has 0 spiro atoms. The highest BCUT2D eigenvalue weighted by Crippen LogP contribution is 2.22. The molecule has 1 aliphatic rings. The zero-order chi connectivity index (χ0) is 17.2. The van der Waals surface area contributed by atoms with E-state index in [1.807, 2.05) is 25.7 Å². The molecule has 0 radical (unpaired) electrons. The van der Waals surface area contributed by atoms with Crippen LogP contribution in [0.3, 0.4) is 0 Å². The van der Waals surface area contributed by atoms with Crippen LogP contribution in [-0.2, 0) is 4.79 Å². The lowest BCUT2D eigenvalue weighted by Crippen LogP contribution is -2.49. The van der Waals surface area contributed by atoms with Gasteiger partial charge in [0.25, 0.3) is 5.91 Å². The predicted molar refractivity (Wildman–Crippen MR) is 86.3 cm³/mol. The Labute approximate surface area is 136 Å². The van der Waals surface area contributed by atoms with Crippen molar-refractivity contribution in [3.05, 3.63) is 23.8 Å². The van der Waals surface area contributed by atoms with Crippen LogP contribution < -0.4 is 5.32 Å². The summed E-state index contributed by atoms with van der Waals surface area (Å²) in [6.45, 7) is 6.94. The van der Waals surface area contributed by atoms with Crippen molar-refractivity contribution in [1.29, 1.82) is 0 Å². The Morgan fingerprint density at radius 1 is 1.09 bits per heavy atom. The number of amides is 2. The minimum Gasteiger partial charge on any atom is -0.508 e. The molecule has 2 rings (SSSR count). The van der Waals surface area contributed by atoms with Crippen LogP contribution in [0.25, 0.3) is 0 Å². The standard InChI is InChI=1S/C17H24N2O4/c1-17(2,3)16(23)19-6-4-12(5-7-19)18-15(22)11-8-13(20)10-14(21)9-11/h8-10,12,20-21H,4-7H2,1-3H3,(H,18,22). The first-order valence-corrected chi connectivity index (χ1v) is 7.80. The third-order valence-electron chi connectivity index (χ3n) is 3.92. The molecule has 0 aliphatic carbocycles. The third-order valence-corrected chi connectivity index (χ3v) is 3.92. The van der Waals surface area contributed by atoms with Gasteiger partial charge in [-0.2, -0.15) is 0 Å². The first-order chi connectivity index (χ1) is 10.7. The zero-order valence-electron chi connectivity index (χ0n) is 13.8. The second-order valence-corrected chi connectivity index (χ2v) is 7.03. The summed E-state index contributed by atoms with van der Waals surface area (Å²) in [4.78, 5) is 26.2. The lowest BCUT2D eigenvalue weighted by molar-refractivity contribution is -0.140. The van der Waals surface area contributed by atoms with Gasteiger partial charge in [0, 0.05) is 36.2 Å². The molecule has 0 aromatic heterocycles. The fourth-order valence-corrected chi connectivity index (χ4v) is 2.70. The maximum atomic E-state index is 12.2. The lowest BCUT2D eigenvalue weighted by Gasteiger charge is -2.36. The maximum Gasteiger partial charge on any atom is 0.251 e. The van der Waals surface area contributed by atoms with Crippen LogP contribution in [0.1, 0.15) is 44.0 Å².